The molecular formula is C28H35N11O6. The average molecular weight is 622 g/mol. The number of amides is 4. The summed E-state index contributed by atoms with van der Waals surface area (Å²) in [5.74, 6) is -1.93. The van der Waals surface area contributed by atoms with Crippen LogP contribution in [-0.2, 0) is 37.7 Å². The van der Waals surface area contributed by atoms with Crippen LogP contribution in [0.4, 0.5) is 23.0 Å². The van der Waals surface area contributed by atoms with Gasteiger partial charge in [-0.05, 0) is 32.0 Å². The maximum absolute atomic E-state index is 13.1. The van der Waals surface area contributed by atoms with Crippen LogP contribution in [0.25, 0.3) is 0 Å². The topological polar surface area (TPSA) is 214 Å². The zero-order valence-corrected chi connectivity index (χ0v) is 25.5. The maximum atomic E-state index is 13.1. The number of aromatic nitrogens is 6. The highest BCUT2D eigenvalue weighted by Crippen LogP contribution is 2.19. The zero-order chi connectivity index (χ0) is 32.8. The number of nitrogens with two attached hydrogens (primary N) is 1. The number of anilines is 4. The van der Waals surface area contributed by atoms with Gasteiger partial charge in [-0.15, -0.1) is 0 Å². The van der Waals surface area contributed by atoms with Crippen molar-refractivity contribution >= 4 is 52.6 Å². The molecule has 0 fully saturated rings. The fourth-order valence-electron chi connectivity index (χ4n) is 4.40. The number of nitrogens with one attached hydrogen (secondary N) is 4. The van der Waals surface area contributed by atoms with Crippen molar-refractivity contribution in [1.82, 2.24) is 28.2 Å². The van der Waals surface area contributed by atoms with Gasteiger partial charge in [-0.3, -0.25) is 19.2 Å². The molecule has 17 nitrogen and oxygen atoms in total. The number of nitrogens with zero attached hydrogens (tertiary/aromatic N) is 6. The lowest BCUT2D eigenvalue weighted by atomic mass is 10.3. The van der Waals surface area contributed by atoms with Gasteiger partial charge in [-0.25, -0.2) is 14.8 Å². The molecule has 238 valence electrons. The minimum Gasteiger partial charge on any atom is -0.460 e. The summed E-state index contributed by atoms with van der Waals surface area (Å²) in [7, 11) is 6.50. The number of rotatable bonds is 12. The lowest BCUT2D eigenvalue weighted by Gasteiger charge is -2.03. The van der Waals surface area contributed by atoms with E-state index >= 15 is 0 Å². The molecule has 0 atom stereocenters. The number of imidazole rings is 2. The summed E-state index contributed by atoms with van der Waals surface area (Å²) in [5.41, 5.74) is 6.57. The van der Waals surface area contributed by atoms with Crippen LogP contribution in [0.5, 0.6) is 0 Å². The van der Waals surface area contributed by atoms with E-state index < -0.39 is 23.7 Å². The van der Waals surface area contributed by atoms with Gasteiger partial charge in [0.05, 0.1) is 18.0 Å². The lowest BCUT2D eigenvalue weighted by molar-refractivity contribution is -0.116. The molecule has 4 amide bonds. The van der Waals surface area contributed by atoms with E-state index in [0.717, 1.165) is 0 Å². The number of ether oxygens (including phenoxy) is 1. The smallest absolute Gasteiger partial charge is 0.374 e. The Hall–Kier alpha value is -5.71. The molecule has 4 aromatic rings. The molecule has 0 radical (unpaired) electrons. The van der Waals surface area contributed by atoms with Crippen molar-refractivity contribution in [3.63, 3.8) is 0 Å². The van der Waals surface area contributed by atoms with E-state index in [-0.39, 0.29) is 53.6 Å². The van der Waals surface area contributed by atoms with Crippen LogP contribution >= 0.6 is 0 Å². The molecule has 0 saturated heterocycles. The van der Waals surface area contributed by atoms with E-state index in [9.17, 15) is 24.0 Å². The highest BCUT2D eigenvalue weighted by Gasteiger charge is 2.21. The number of hydrogen-bond donors (Lipinski definition) is 5. The van der Waals surface area contributed by atoms with Crippen LogP contribution in [0.15, 0.2) is 36.9 Å². The molecule has 4 rings (SSSR count). The van der Waals surface area contributed by atoms with Crippen molar-refractivity contribution in [2.45, 2.75) is 19.8 Å². The third-order valence-electron chi connectivity index (χ3n) is 6.52. The zero-order valence-electron chi connectivity index (χ0n) is 25.5. The summed E-state index contributed by atoms with van der Waals surface area (Å²) in [6.07, 6.45) is 6.90. The molecule has 0 saturated carbocycles. The second kappa shape index (κ2) is 13.7. The summed E-state index contributed by atoms with van der Waals surface area (Å²) in [5, 5.41) is 10.7. The Morgan fingerprint density at radius 1 is 0.711 bits per heavy atom. The number of carbonyl (C=O) groups excluding carboxylic acids is 5. The van der Waals surface area contributed by atoms with Crippen LogP contribution in [0.1, 0.15) is 62.0 Å². The molecule has 45 heavy (non-hydrogen) atoms. The minimum atomic E-state index is -0.613. The van der Waals surface area contributed by atoms with E-state index in [1.54, 1.807) is 47.5 Å². The standard InChI is InChI=1S/C28H35N11O6/c1-6-45-28(44)24-34-21(15-39(24)5)35-26(42)19-10-16(12-37(19)3)30-25(41)18-11-17(13-36(18)2)31-27(43)23-33-20(14-38(23)4)32-22(40)8-7-9-29/h10-15H,6-9,29H2,1-5H3,(H,30,41)(H,31,43)(H,32,40)(H,35,42). The van der Waals surface area contributed by atoms with Crippen molar-refractivity contribution < 1.29 is 28.7 Å². The monoisotopic (exact) mass is 621 g/mol. The number of aryl methyl sites for hydroxylation is 4. The van der Waals surface area contributed by atoms with Crippen molar-refractivity contribution in [1.29, 1.82) is 0 Å². The average Bonchev–Trinajstić information content (AvgIpc) is 3.73. The second-order valence-corrected chi connectivity index (χ2v) is 10.1. The molecular weight excluding hydrogens is 586 g/mol. The van der Waals surface area contributed by atoms with Crippen LogP contribution in [0.3, 0.4) is 0 Å². The van der Waals surface area contributed by atoms with Gasteiger partial charge in [-0.2, -0.15) is 0 Å². The predicted octanol–water partition coefficient (Wildman–Crippen LogP) is 1.44. The number of esters is 1. The normalized spacial score (nSPS) is 10.8. The molecule has 4 heterocycles. The van der Waals surface area contributed by atoms with E-state index in [0.29, 0.717) is 24.3 Å². The Kier molecular flexibility index (Phi) is 9.82. The highest BCUT2D eigenvalue weighted by atomic mass is 16.5. The molecule has 0 spiro atoms. The van der Waals surface area contributed by atoms with Gasteiger partial charge in [0, 0.05) is 59.4 Å². The molecule has 0 aliphatic carbocycles. The molecule has 6 N–H and O–H groups in total. The summed E-state index contributed by atoms with van der Waals surface area (Å²) < 4.78 is 10.9. The molecule has 0 aliphatic rings. The van der Waals surface area contributed by atoms with Gasteiger partial charge in [0.2, 0.25) is 17.6 Å². The van der Waals surface area contributed by atoms with Gasteiger partial charge in [0.1, 0.15) is 11.4 Å². The van der Waals surface area contributed by atoms with Crippen LogP contribution in [0.2, 0.25) is 0 Å². The van der Waals surface area contributed by atoms with Gasteiger partial charge in [-0.1, -0.05) is 0 Å². The van der Waals surface area contributed by atoms with Crippen molar-refractivity contribution in [3.05, 3.63) is 60.0 Å². The molecule has 0 unspecified atom stereocenters. The first-order chi connectivity index (χ1) is 21.4. The maximum Gasteiger partial charge on any atom is 0.374 e. The molecule has 0 aliphatic heterocycles. The largest absolute Gasteiger partial charge is 0.460 e. The van der Waals surface area contributed by atoms with Gasteiger partial charge in [0.25, 0.3) is 17.7 Å². The van der Waals surface area contributed by atoms with Gasteiger partial charge in [0.15, 0.2) is 11.6 Å². The van der Waals surface area contributed by atoms with Crippen molar-refractivity contribution in [2.75, 3.05) is 34.4 Å². The Balaban J connectivity index is 1.39. The first-order valence-electron chi connectivity index (χ1n) is 13.9. The summed E-state index contributed by atoms with van der Waals surface area (Å²) >= 11 is 0. The van der Waals surface area contributed by atoms with Crippen molar-refractivity contribution in [3.8, 4) is 0 Å². The molecule has 4 aromatic heterocycles. The van der Waals surface area contributed by atoms with Gasteiger partial charge < -0.3 is 50.0 Å². The number of hydrogen-bond acceptors (Lipinski definition) is 9. The van der Waals surface area contributed by atoms with E-state index in [1.807, 2.05) is 0 Å². The van der Waals surface area contributed by atoms with Crippen molar-refractivity contribution in [2.24, 2.45) is 33.9 Å². The van der Waals surface area contributed by atoms with Crippen LogP contribution < -0.4 is 27.0 Å². The molecule has 0 aromatic carbocycles. The van der Waals surface area contributed by atoms with Crippen LogP contribution in [-0.4, -0.2) is 71.0 Å². The second-order valence-electron chi connectivity index (χ2n) is 10.1. The third-order valence-corrected chi connectivity index (χ3v) is 6.52. The first-order valence-corrected chi connectivity index (χ1v) is 13.9. The Labute approximate surface area is 257 Å². The molecule has 0 bridgehead atoms. The van der Waals surface area contributed by atoms with Crippen LogP contribution in [0, 0.1) is 0 Å². The van der Waals surface area contributed by atoms with E-state index in [1.165, 1.54) is 42.8 Å². The fraction of sp³-hybridized carbons (Fsp3) is 0.321. The minimum absolute atomic E-state index is 0.0392. The quantitative estimate of drug-likeness (QED) is 0.145. The summed E-state index contributed by atoms with van der Waals surface area (Å²) in [6, 6.07) is 2.98. The first kappa shape index (κ1) is 32.2. The fourth-order valence-corrected chi connectivity index (χ4v) is 4.40. The lowest BCUT2D eigenvalue weighted by Crippen LogP contribution is -2.17. The summed E-state index contributed by atoms with van der Waals surface area (Å²) in [4.78, 5) is 71.2. The van der Waals surface area contributed by atoms with E-state index in [2.05, 4.69) is 31.2 Å². The molecule has 17 heteroatoms. The SMILES string of the molecule is CCOC(=O)c1nc(NC(=O)c2cc(NC(=O)c3cc(NC(=O)c4nc(NC(=O)CCCN)cn4C)cn3C)cn2C)cn1C. The Morgan fingerprint density at radius 3 is 1.80 bits per heavy atom. The Bertz CT molecular complexity index is 1760. The van der Waals surface area contributed by atoms with Gasteiger partial charge >= 0.3 is 5.97 Å². The van der Waals surface area contributed by atoms with E-state index in [4.69, 9.17) is 10.5 Å². The third kappa shape index (κ3) is 7.63. The predicted molar refractivity (Wildman–Crippen MR) is 164 cm³/mol. The number of carbonyl (C=O) groups is 5. The Morgan fingerprint density at radius 2 is 1.22 bits per heavy atom. The summed E-state index contributed by atoms with van der Waals surface area (Å²) in [6.45, 7) is 2.26. The highest BCUT2D eigenvalue weighted by molar-refractivity contribution is 6.08.